The second kappa shape index (κ2) is 5.72. The summed E-state index contributed by atoms with van der Waals surface area (Å²) in [6.07, 6.45) is 8.39. The van der Waals surface area contributed by atoms with Gasteiger partial charge in [0.2, 0.25) is 0 Å². The molecule has 2 aromatic heterocycles. The molecule has 0 unspecified atom stereocenters. The van der Waals surface area contributed by atoms with E-state index in [4.69, 9.17) is 8.94 Å². The summed E-state index contributed by atoms with van der Waals surface area (Å²) in [6.45, 7) is 0. The fraction of sp³-hybridized carbons (Fsp3) is 0.421. The van der Waals surface area contributed by atoms with E-state index in [9.17, 15) is 4.79 Å². The Balaban J connectivity index is 1.46. The minimum atomic E-state index is -0.0419. The van der Waals surface area contributed by atoms with E-state index in [1.807, 2.05) is 6.07 Å². The maximum Gasteiger partial charge on any atom is 0.251 e. The van der Waals surface area contributed by atoms with E-state index >= 15 is 0 Å². The third kappa shape index (κ3) is 2.71. The van der Waals surface area contributed by atoms with Crippen LogP contribution in [0.25, 0.3) is 22.4 Å². The Morgan fingerprint density at radius 1 is 1.16 bits per heavy atom. The largest absolute Gasteiger partial charge is 0.448 e. The molecule has 0 spiro atoms. The first-order valence-corrected chi connectivity index (χ1v) is 8.94. The average molecular weight is 337 g/mol. The standard InChI is InChI=1S/C19H19N3O3/c23-18(20-13-3-1-2-4-13)12-7-8-16-14(9-12)17(22-25-16)15-10-24-19(21-15)11-5-6-11/h7-11,13H,1-6H2,(H,20,23). The number of hydrogen-bond acceptors (Lipinski definition) is 5. The Morgan fingerprint density at radius 2 is 2.00 bits per heavy atom. The Morgan fingerprint density at radius 3 is 2.80 bits per heavy atom. The van der Waals surface area contributed by atoms with Crippen LogP contribution in [0.2, 0.25) is 0 Å². The van der Waals surface area contributed by atoms with Gasteiger partial charge in [-0.15, -0.1) is 0 Å². The van der Waals surface area contributed by atoms with Gasteiger partial charge in [-0.2, -0.15) is 0 Å². The molecule has 128 valence electrons. The molecular weight excluding hydrogens is 318 g/mol. The molecule has 0 saturated heterocycles. The number of carbonyl (C=O) groups excluding carboxylic acids is 1. The summed E-state index contributed by atoms with van der Waals surface area (Å²) in [4.78, 5) is 17.1. The smallest absolute Gasteiger partial charge is 0.251 e. The molecule has 2 fully saturated rings. The number of hydrogen-bond donors (Lipinski definition) is 1. The van der Waals surface area contributed by atoms with Crippen molar-refractivity contribution in [2.45, 2.75) is 50.5 Å². The summed E-state index contributed by atoms with van der Waals surface area (Å²) in [5, 5.41) is 8.03. The number of oxazole rings is 1. The van der Waals surface area contributed by atoms with Gasteiger partial charge in [0.15, 0.2) is 11.5 Å². The second-order valence-corrected chi connectivity index (χ2v) is 7.04. The van der Waals surface area contributed by atoms with Crippen molar-refractivity contribution >= 4 is 16.9 Å². The van der Waals surface area contributed by atoms with Crippen LogP contribution in [0, 0.1) is 0 Å². The maximum atomic E-state index is 12.5. The SMILES string of the molecule is O=C(NC1CCCC1)c1ccc2onc(-c3coc(C4CC4)n3)c2c1. The molecule has 1 aromatic carbocycles. The van der Waals surface area contributed by atoms with Crippen LogP contribution in [0.4, 0.5) is 0 Å². The van der Waals surface area contributed by atoms with Gasteiger partial charge < -0.3 is 14.3 Å². The monoisotopic (exact) mass is 337 g/mol. The summed E-state index contributed by atoms with van der Waals surface area (Å²) in [5.41, 5.74) is 2.55. The van der Waals surface area contributed by atoms with Crippen molar-refractivity contribution in [1.82, 2.24) is 15.5 Å². The van der Waals surface area contributed by atoms with Crippen LogP contribution in [-0.4, -0.2) is 22.1 Å². The third-order valence-corrected chi connectivity index (χ3v) is 5.11. The molecule has 2 aliphatic rings. The molecule has 6 heteroatoms. The van der Waals surface area contributed by atoms with Crippen molar-refractivity contribution in [3.05, 3.63) is 35.9 Å². The Kier molecular flexibility index (Phi) is 3.36. The van der Waals surface area contributed by atoms with Gasteiger partial charge >= 0.3 is 0 Å². The molecule has 1 N–H and O–H groups in total. The lowest BCUT2D eigenvalue weighted by atomic mass is 10.1. The van der Waals surface area contributed by atoms with Gasteiger partial charge in [-0.1, -0.05) is 18.0 Å². The summed E-state index contributed by atoms with van der Waals surface area (Å²) >= 11 is 0. The highest BCUT2D eigenvalue weighted by molar-refractivity contribution is 6.00. The lowest BCUT2D eigenvalue weighted by Gasteiger charge is -2.11. The van der Waals surface area contributed by atoms with Crippen LogP contribution >= 0.6 is 0 Å². The molecule has 3 aromatic rings. The zero-order chi connectivity index (χ0) is 16.8. The first kappa shape index (κ1) is 14.7. The second-order valence-electron chi connectivity index (χ2n) is 7.04. The van der Waals surface area contributed by atoms with Crippen molar-refractivity contribution in [2.75, 3.05) is 0 Å². The van der Waals surface area contributed by atoms with Gasteiger partial charge in [0.1, 0.15) is 17.7 Å². The highest BCUT2D eigenvalue weighted by Gasteiger charge is 2.29. The summed E-state index contributed by atoms with van der Waals surface area (Å²) in [6, 6.07) is 5.69. The molecule has 1 amide bonds. The number of rotatable bonds is 4. The minimum absolute atomic E-state index is 0.0419. The Hall–Kier alpha value is -2.63. The molecule has 2 aliphatic carbocycles. The molecule has 25 heavy (non-hydrogen) atoms. The topological polar surface area (TPSA) is 81.2 Å². The van der Waals surface area contributed by atoms with E-state index in [1.165, 1.54) is 12.8 Å². The van der Waals surface area contributed by atoms with Crippen molar-refractivity contribution in [3.63, 3.8) is 0 Å². The number of nitrogens with zero attached hydrogens (tertiary/aromatic N) is 2. The van der Waals surface area contributed by atoms with Crippen LogP contribution in [0.1, 0.15) is 60.7 Å². The van der Waals surface area contributed by atoms with Gasteiger partial charge in [0, 0.05) is 17.5 Å². The van der Waals surface area contributed by atoms with Crippen LogP contribution < -0.4 is 5.32 Å². The lowest BCUT2D eigenvalue weighted by molar-refractivity contribution is 0.0938. The van der Waals surface area contributed by atoms with Crippen LogP contribution in [0.5, 0.6) is 0 Å². The first-order valence-electron chi connectivity index (χ1n) is 8.94. The van der Waals surface area contributed by atoms with E-state index < -0.39 is 0 Å². The summed E-state index contributed by atoms with van der Waals surface area (Å²) in [7, 11) is 0. The zero-order valence-corrected chi connectivity index (χ0v) is 13.8. The molecule has 2 saturated carbocycles. The first-order chi connectivity index (χ1) is 12.3. The summed E-state index contributed by atoms with van der Waals surface area (Å²) < 4.78 is 10.9. The molecular formula is C19H19N3O3. The van der Waals surface area contributed by atoms with E-state index in [1.54, 1.807) is 18.4 Å². The van der Waals surface area contributed by atoms with Gasteiger partial charge in [0.05, 0.1) is 5.39 Å². The van der Waals surface area contributed by atoms with Gasteiger partial charge in [-0.25, -0.2) is 4.98 Å². The molecule has 0 bridgehead atoms. The number of fused-ring (bicyclic) bond motifs is 1. The van der Waals surface area contributed by atoms with Crippen molar-refractivity contribution < 1.29 is 13.7 Å². The average Bonchev–Trinajstić information content (AvgIpc) is 3.04. The number of amides is 1. The Labute approximate surface area is 144 Å². The molecule has 0 aliphatic heterocycles. The number of nitrogens with one attached hydrogen (secondary N) is 1. The molecule has 5 rings (SSSR count). The zero-order valence-electron chi connectivity index (χ0n) is 13.8. The van der Waals surface area contributed by atoms with Crippen LogP contribution in [-0.2, 0) is 0 Å². The lowest BCUT2D eigenvalue weighted by Crippen LogP contribution is -2.32. The predicted octanol–water partition coefficient (Wildman–Crippen LogP) is 4.03. The normalized spacial score (nSPS) is 18.1. The quantitative estimate of drug-likeness (QED) is 0.777. The predicted molar refractivity (Wildman–Crippen MR) is 91.2 cm³/mol. The number of carbonyl (C=O) groups is 1. The fourth-order valence-corrected chi connectivity index (χ4v) is 3.52. The highest BCUT2D eigenvalue weighted by atomic mass is 16.5. The third-order valence-electron chi connectivity index (χ3n) is 5.11. The van der Waals surface area contributed by atoms with E-state index in [0.717, 1.165) is 37.0 Å². The van der Waals surface area contributed by atoms with Crippen LogP contribution in [0.3, 0.4) is 0 Å². The van der Waals surface area contributed by atoms with Crippen molar-refractivity contribution in [3.8, 4) is 11.4 Å². The molecule has 0 atom stereocenters. The molecule has 6 nitrogen and oxygen atoms in total. The van der Waals surface area contributed by atoms with Gasteiger partial charge in [-0.3, -0.25) is 4.79 Å². The van der Waals surface area contributed by atoms with E-state index in [0.29, 0.717) is 34.5 Å². The Bertz CT molecular complexity index is 932. The maximum absolute atomic E-state index is 12.5. The van der Waals surface area contributed by atoms with Crippen molar-refractivity contribution in [1.29, 1.82) is 0 Å². The molecule has 0 radical (unpaired) electrons. The number of aromatic nitrogens is 2. The van der Waals surface area contributed by atoms with Gasteiger partial charge in [-0.05, 0) is 43.9 Å². The van der Waals surface area contributed by atoms with Crippen molar-refractivity contribution in [2.24, 2.45) is 0 Å². The fourth-order valence-electron chi connectivity index (χ4n) is 3.52. The van der Waals surface area contributed by atoms with Crippen LogP contribution in [0.15, 0.2) is 33.4 Å². The summed E-state index contributed by atoms with van der Waals surface area (Å²) in [5.74, 6) is 1.17. The van der Waals surface area contributed by atoms with E-state index in [2.05, 4.69) is 15.5 Å². The van der Waals surface area contributed by atoms with E-state index in [-0.39, 0.29) is 5.91 Å². The number of benzene rings is 1. The molecule has 2 heterocycles. The minimum Gasteiger partial charge on any atom is -0.448 e. The highest BCUT2D eigenvalue weighted by Crippen LogP contribution is 2.40. The van der Waals surface area contributed by atoms with Gasteiger partial charge in [0.25, 0.3) is 5.91 Å².